The summed E-state index contributed by atoms with van der Waals surface area (Å²) in [4.78, 5) is 12.4. The highest BCUT2D eigenvalue weighted by molar-refractivity contribution is 6.19. The number of carbonyl (C=O) groups is 1. The Morgan fingerprint density at radius 2 is 1.76 bits per heavy atom. The molecule has 0 aliphatic heterocycles. The number of rotatable bonds is 5. The van der Waals surface area contributed by atoms with Crippen LogP contribution in [0.2, 0.25) is 0 Å². The number of methoxy groups -OCH3 is 1. The number of aromatic nitrogens is 1. The molecule has 0 unspecified atom stereocenters. The molecule has 0 bridgehead atoms. The lowest BCUT2D eigenvalue weighted by Crippen LogP contribution is -2.03. The number of ether oxygens (including phenoxy) is 1. The molecule has 0 aliphatic carbocycles. The van der Waals surface area contributed by atoms with Gasteiger partial charge in [0, 0.05) is 11.9 Å². The molecule has 0 spiro atoms. The third-order valence-electron chi connectivity index (χ3n) is 5.53. The maximum Gasteiger partial charge on any atom is 0.338 e. The van der Waals surface area contributed by atoms with Crippen LogP contribution in [0.3, 0.4) is 0 Å². The zero-order valence-corrected chi connectivity index (χ0v) is 17.0. The SMILES string of the molecule is COC(=O)c1cccc2c1c1c(O)cc(C(C)C)cc1n2CCc1ccccc1. The number of fused-ring (bicyclic) bond motifs is 3. The summed E-state index contributed by atoms with van der Waals surface area (Å²) < 4.78 is 7.21. The zero-order chi connectivity index (χ0) is 20.5. The average molecular weight is 387 g/mol. The Bertz CT molecular complexity index is 1190. The minimum Gasteiger partial charge on any atom is -0.507 e. The molecule has 1 N–H and O–H groups in total. The quantitative estimate of drug-likeness (QED) is 0.450. The number of carbonyl (C=O) groups excluding carboxylic acids is 1. The topological polar surface area (TPSA) is 51.5 Å². The summed E-state index contributed by atoms with van der Waals surface area (Å²) in [5, 5.41) is 12.4. The normalized spacial score (nSPS) is 11.4. The summed E-state index contributed by atoms with van der Waals surface area (Å²) in [5.41, 5.74) is 4.65. The number of hydrogen-bond acceptors (Lipinski definition) is 3. The maximum atomic E-state index is 12.4. The highest BCUT2D eigenvalue weighted by Crippen LogP contribution is 2.39. The zero-order valence-electron chi connectivity index (χ0n) is 17.0. The van der Waals surface area contributed by atoms with Crippen LogP contribution in [0.25, 0.3) is 21.8 Å². The summed E-state index contributed by atoms with van der Waals surface area (Å²) >= 11 is 0. The Kier molecular flexibility index (Phi) is 5.01. The summed E-state index contributed by atoms with van der Waals surface area (Å²) in [7, 11) is 1.38. The Balaban J connectivity index is 1.99. The number of aryl methyl sites for hydroxylation is 2. The van der Waals surface area contributed by atoms with Crippen LogP contribution in [0.4, 0.5) is 0 Å². The van der Waals surface area contributed by atoms with Crippen LogP contribution in [0.1, 0.15) is 41.3 Å². The number of esters is 1. The number of nitrogens with zero attached hydrogens (tertiary/aromatic N) is 1. The van der Waals surface area contributed by atoms with Crippen molar-refractivity contribution in [1.82, 2.24) is 4.57 Å². The molecule has 4 aromatic rings. The van der Waals surface area contributed by atoms with E-state index in [0.29, 0.717) is 10.9 Å². The van der Waals surface area contributed by atoms with E-state index in [2.05, 4.69) is 36.6 Å². The van der Waals surface area contributed by atoms with Crippen molar-refractivity contribution >= 4 is 27.8 Å². The molecule has 0 saturated carbocycles. The van der Waals surface area contributed by atoms with E-state index in [1.807, 2.05) is 36.4 Å². The van der Waals surface area contributed by atoms with E-state index in [9.17, 15) is 9.90 Å². The van der Waals surface area contributed by atoms with Crippen molar-refractivity contribution in [2.75, 3.05) is 7.11 Å². The molecule has 0 saturated heterocycles. The van der Waals surface area contributed by atoms with Crippen LogP contribution in [0.5, 0.6) is 5.75 Å². The van der Waals surface area contributed by atoms with Gasteiger partial charge in [0.05, 0.1) is 29.1 Å². The van der Waals surface area contributed by atoms with Crippen molar-refractivity contribution in [3.63, 3.8) is 0 Å². The van der Waals surface area contributed by atoms with Crippen molar-refractivity contribution in [1.29, 1.82) is 0 Å². The number of hydrogen-bond donors (Lipinski definition) is 1. The number of phenols is 1. The van der Waals surface area contributed by atoms with Gasteiger partial charge in [-0.05, 0) is 47.7 Å². The molecule has 3 aromatic carbocycles. The van der Waals surface area contributed by atoms with E-state index in [1.165, 1.54) is 12.7 Å². The monoisotopic (exact) mass is 387 g/mol. The third-order valence-corrected chi connectivity index (χ3v) is 5.53. The molecule has 4 rings (SSSR count). The molecule has 4 heteroatoms. The van der Waals surface area contributed by atoms with Crippen LogP contribution in [0, 0.1) is 0 Å². The van der Waals surface area contributed by atoms with Crippen LogP contribution in [-0.2, 0) is 17.7 Å². The Hall–Kier alpha value is -3.27. The van der Waals surface area contributed by atoms with E-state index >= 15 is 0 Å². The van der Waals surface area contributed by atoms with E-state index in [4.69, 9.17) is 4.74 Å². The van der Waals surface area contributed by atoms with Crippen molar-refractivity contribution in [2.24, 2.45) is 0 Å². The molecule has 1 aromatic heterocycles. The fourth-order valence-corrected chi connectivity index (χ4v) is 4.00. The van der Waals surface area contributed by atoms with E-state index in [1.54, 1.807) is 6.07 Å². The first-order chi connectivity index (χ1) is 14.0. The summed E-state index contributed by atoms with van der Waals surface area (Å²) in [6, 6.07) is 19.9. The first-order valence-corrected chi connectivity index (χ1v) is 9.91. The van der Waals surface area contributed by atoms with Crippen LogP contribution in [-0.4, -0.2) is 22.8 Å². The lowest BCUT2D eigenvalue weighted by Gasteiger charge is -2.11. The Morgan fingerprint density at radius 3 is 2.45 bits per heavy atom. The second-order valence-corrected chi connectivity index (χ2v) is 7.67. The van der Waals surface area contributed by atoms with Gasteiger partial charge in [0.15, 0.2) is 0 Å². The van der Waals surface area contributed by atoms with Gasteiger partial charge in [-0.2, -0.15) is 0 Å². The van der Waals surface area contributed by atoms with Gasteiger partial charge in [-0.1, -0.05) is 50.2 Å². The van der Waals surface area contributed by atoms with Gasteiger partial charge < -0.3 is 14.4 Å². The molecule has 4 nitrogen and oxygen atoms in total. The number of phenolic OH excluding ortho intramolecular Hbond substituents is 1. The maximum absolute atomic E-state index is 12.4. The molecule has 0 amide bonds. The van der Waals surface area contributed by atoms with Crippen molar-refractivity contribution < 1.29 is 14.6 Å². The second kappa shape index (κ2) is 7.63. The van der Waals surface area contributed by atoms with Gasteiger partial charge in [0.25, 0.3) is 0 Å². The molecule has 148 valence electrons. The average Bonchev–Trinajstić information content (AvgIpc) is 3.06. The molecule has 1 heterocycles. The predicted octanol–water partition coefficient (Wildman–Crippen LogP) is 5.65. The van der Waals surface area contributed by atoms with E-state index in [0.717, 1.165) is 34.9 Å². The van der Waals surface area contributed by atoms with Gasteiger partial charge in [0.2, 0.25) is 0 Å². The first-order valence-electron chi connectivity index (χ1n) is 9.91. The van der Waals surface area contributed by atoms with Crippen molar-refractivity contribution in [2.45, 2.75) is 32.7 Å². The smallest absolute Gasteiger partial charge is 0.338 e. The minimum atomic E-state index is -0.398. The van der Waals surface area contributed by atoms with Crippen molar-refractivity contribution in [3.8, 4) is 5.75 Å². The highest BCUT2D eigenvalue weighted by atomic mass is 16.5. The van der Waals surface area contributed by atoms with Gasteiger partial charge in [-0.25, -0.2) is 4.79 Å². The third kappa shape index (κ3) is 3.35. The fourth-order valence-electron chi connectivity index (χ4n) is 4.00. The number of benzene rings is 3. The first kappa shape index (κ1) is 19.1. The largest absolute Gasteiger partial charge is 0.507 e. The van der Waals surface area contributed by atoms with Gasteiger partial charge in [0.1, 0.15) is 5.75 Å². The lowest BCUT2D eigenvalue weighted by atomic mass is 9.99. The van der Waals surface area contributed by atoms with Crippen LogP contribution in [0.15, 0.2) is 60.7 Å². The molecule has 29 heavy (non-hydrogen) atoms. The summed E-state index contributed by atoms with van der Waals surface area (Å²) in [5.74, 6) is 0.0852. The molecular formula is C25H25NO3. The second-order valence-electron chi connectivity index (χ2n) is 7.67. The summed E-state index contributed by atoms with van der Waals surface area (Å²) in [6.45, 7) is 4.96. The van der Waals surface area contributed by atoms with Crippen LogP contribution >= 0.6 is 0 Å². The fraction of sp³-hybridized carbons (Fsp3) is 0.240. The number of aromatic hydroxyl groups is 1. The predicted molar refractivity (Wildman–Crippen MR) is 117 cm³/mol. The van der Waals surface area contributed by atoms with Gasteiger partial charge in [-0.15, -0.1) is 0 Å². The Morgan fingerprint density at radius 1 is 1.00 bits per heavy atom. The lowest BCUT2D eigenvalue weighted by molar-refractivity contribution is 0.0603. The highest BCUT2D eigenvalue weighted by Gasteiger charge is 2.21. The van der Waals surface area contributed by atoms with Gasteiger partial charge in [-0.3, -0.25) is 0 Å². The van der Waals surface area contributed by atoms with Gasteiger partial charge >= 0.3 is 5.97 Å². The molecule has 0 aliphatic rings. The van der Waals surface area contributed by atoms with Crippen LogP contribution < -0.4 is 0 Å². The van der Waals surface area contributed by atoms with E-state index in [-0.39, 0.29) is 11.7 Å². The van der Waals surface area contributed by atoms with E-state index < -0.39 is 5.97 Å². The molecule has 0 fully saturated rings. The summed E-state index contributed by atoms with van der Waals surface area (Å²) in [6.07, 6.45) is 0.856. The molecule has 0 atom stereocenters. The standard InChI is InChI=1S/C25H25NO3/c1-16(2)18-14-21-24(22(27)15-18)23-19(25(28)29-3)10-7-11-20(23)26(21)13-12-17-8-5-4-6-9-17/h4-11,14-16,27H,12-13H2,1-3H3. The van der Waals surface area contributed by atoms with Crippen molar-refractivity contribution in [3.05, 3.63) is 77.4 Å². The molecular weight excluding hydrogens is 362 g/mol. The minimum absolute atomic E-state index is 0.200. The Labute approximate surface area is 170 Å². The molecule has 0 radical (unpaired) electrons.